The number of aliphatic imine (C=N–C) groups is 1. The summed E-state index contributed by atoms with van der Waals surface area (Å²) < 4.78 is 62.7. The lowest BCUT2D eigenvalue weighted by Crippen LogP contribution is -2.53. The first-order chi connectivity index (χ1) is 29.0. The number of phosphoric acid groups is 1. The van der Waals surface area contributed by atoms with Crippen molar-refractivity contribution in [2.24, 2.45) is 4.99 Å². The van der Waals surface area contributed by atoms with Crippen LogP contribution in [-0.2, 0) is 34.1 Å². The quantitative estimate of drug-likeness (QED) is 0.0706. The molecule has 3 aromatic rings. The number of fused-ring (bicyclic) bond motifs is 3. The molecule has 3 aliphatic heterocycles. The highest BCUT2D eigenvalue weighted by molar-refractivity contribution is 7.48. The molecule has 1 aromatic heterocycles. The molecule has 2 atom stereocenters. The molecule has 0 radical (unpaired) electrons. The van der Waals surface area contributed by atoms with Crippen LogP contribution in [0.5, 0.6) is 11.5 Å². The Balaban J connectivity index is 1.06. The molecule has 1 unspecified atom stereocenters. The van der Waals surface area contributed by atoms with Crippen LogP contribution in [0.25, 0.3) is 0 Å². The molecule has 2 N–H and O–H groups in total. The molecule has 16 nitrogen and oxygen atoms in total. The Hall–Kier alpha value is -4.32. The largest absolute Gasteiger partial charge is 0.493 e. The van der Waals surface area contributed by atoms with E-state index in [0.29, 0.717) is 48.3 Å². The summed E-state index contributed by atoms with van der Waals surface area (Å²) in [5.74, 6) is 0.440. The van der Waals surface area contributed by atoms with Gasteiger partial charge >= 0.3 is 13.9 Å². The van der Waals surface area contributed by atoms with E-state index in [0.717, 1.165) is 35.5 Å². The first-order valence-electron chi connectivity index (χ1n) is 20.9. The summed E-state index contributed by atoms with van der Waals surface area (Å²) in [5, 5.41) is 11.0. The molecular formula is C43H61FN7O9PS. The van der Waals surface area contributed by atoms with Gasteiger partial charge in [0.15, 0.2) is 17.7 Å². The molecule has 2 fully saturated rings. The van der Waals surface area contributed by atoms with Gasteiger partial charge in [0, 0.05) is 47.0 Å². The topological polar surface area (TPSA) is 165 Å². The summed E-state index contributed by atoms with van der Waals surface area (Å²) >= 11 is 1.40. The van der Waals surface area contributed by atoms with Crippen molar-refractivity contribution in [3.63, 3.8) is 0 Å². The number of carbonyl (C=O) groups is 2. The minimum Gasteiger partial charge on any atom is -0.493 e. The van der Waals surface area contributed by atoms with Crippen molar-refractivity contribution >= 4 is 54.0 Å². The zero-order valence-corrected chi connectivity index (χ0v) is 39.1. The highest BCUT2D eigenvalue weighted by Crippen LogP contribution is 2.56. The number of amides is 2. The maximum Gasteiger partial charge on any atom is 0.475 e. The van der Waals surface area contributed by atoms with Crippen LogP contribution in [0.4, 0.5) is 25.7 Å². The number of ether oxygens (including phenoxy) is 3. The van der Waals surface area contributed by atoms with Crippen LogP contribution in [0.2, 0.25) is 0 Å². The molecule has 19 heteroatoms. The van der Waals surface area contributed by atoms with Crippen molar-refractivity contribution in [1.29, 1.82) is 0 Å². The van der Waals surface area contributed by atoms with Gasteiger partial charge < -0.3 is 29.7 Å². The highest BCUT2D eigenvalue weighted by atomic mass is 32.1. The van der Waals surface area contributed by atoms with Gasteiger partial charge in [-0.25, -0.2) is 33.7 Å². The summed E-state index contributed by atoms with van der Waals surface area (Å²) in [7, 11) is -2.40. The number of phosphoric ester groups is 1. The minimum absolute atomic E-state index is 0.0955. The van der Waals surface area contributed by atoms with E-state index in [1.807, 2.05) is 42.9 Å². The van der Waals surface area contributed by atoms with Gasteiger partial charge in [-0.05, 0) is 119 Å². The van der Waals surface area contributed by atoms with Crippen LogP contribution in [-0.4, -0.2) is 95.5 Å². The number of hydrazine groups is 1. The van der Waals surface area contributed by atoms with Crippen LogP contribution in [0.1, 0.15) is 105 Å². The van der Waals surface area contributed by atoms with Crippen LogP contribution < -0.4 is 25.1 Å². The Morgan fingerprint density at radius 2 is 1.77 bits per heavy atom. The van der Waals surface area contributed by atoms with E-state index in [-0.39, 0.29) is 31.6 Å². The smallest absolute Gasteiger partial charge is 0.475 e. The van der Waals surface area contributed by atoms with Gasteiger partial charge in [0.1, 0.15) is 17.8 Å². The van der Waals surface area contributed by atoms with E-state index in [4.69, 9.17) is 32.8 Å². The normalized spacial score (nSPS) is 18.6. The van der Waals surface area contributed by atoms with Gasteiger partial charge in [0.05, 0.1) is 43.6 Å². The third-order valence-electron chi connectivity index (χ3n) is 9.68. The summed E-state index contributed by atoms with van der Waals surface area (Å²) in [6.07, 6.45) is 6.01. The number of rotatable bonds is 18. The van der Waals surface area contributed by atoms with Crippen LogP contribution in [0.3, 0.4) is 0 Å². The zero-order valence-electron chi connectivity index (χ0n) is 37.4. The van der Waals surface area contributed by atoms with Gasteiger partial charge in [-0.1, -0.05) is 17.4 Å². The maximum absolute atomic E-state index is 13.8. The fraction of sp³-hybridized carbons (Fsp3) is 0.581. The molecule has 0 aliphatic carbocycles. The fourth-order valence-electron chi connectivity index (χ4n) is 7.29. The van der Waals surface area contributed by atoms with E-state index < -0.39 is 42.1 Å². The molecule has 62 heavy (non-hydrogen) atoms. The SMILES string of the molecule is COc1cc2c(cc1OCCC[C@]1(CN(CCOP(=O)(OC(C)(C)C)OC(C)(C)C)C(=O)OC(C)(C)C)CCCN1)N=CN1C2N1c1ncc(CC(=O)Nc2cccc(F)c2)s1. The number of halogens is 1. The predicted molar refractivity (Wildman–Crippen MR) is 237 cm³/mol. The average molecular weight is 902 g/mol. The number of thiazole rings is 1. The molecule has 2 amide bonds. The third kappa shape index (κ3) is 12.9. The van der Waals surface area contributed by atoms with E-state index in [1.54, 1.807) is 78.2 Å². The van der Waals surface area contributed by atoms with E-state index in [2.05, 4.69) is 15.6 Å². The highest BCUT2D eigenvalue weighted by Gasteiger charge is 2.50. The van der Waals surface area contributed by atoms with Crippen molar-refractivity contribution in [3.05, 3.63) is 58.9 Å². The van der Waals surface area contributed by atoms with Gasteiger partial charge in [0.25, 0.3) is 0 Å². The number of nitrogens with zero attached hydrogens (tertiary/aromatic N) is 5. The van der Waals surface area contributed by atoms with E-state index >= 15 is 0 Å². The second-order valence-electron chi connectivity index (χ2n) is 18.6. The number of aromatic nitrogens is 1. The number of methoxy groups -OCH3 is 1. The Kier molecular flexibility index (Phi) is 14.3. The van der Waals surface area contributed by atoms with Gasteiger partial charge in [0.2, 0.25) is 11.0 Å². The van der Waals surface area contributed by atoms with Crippen molar-refractivity contribution in [2.45, 2.75) is 123 Å². The lowest BCUT2D eigenvalue weighted by molar-refractivity contribution is -0.115. The molecule has 2 saturated heterocycles. The second kappa shape index (κ2) is 18.8. The lowest BCUT2D eigenvalue weighted by Gasteiger charge is -2.37. The maximum atomic E-state index is 13.8. The molecule has 3 aliphatic rings. The molecule has 340 valence electrons. The summed E-state index contributed by atoms with van der Waals surface area (Å²) in [6.45, 7) is 17.6. The third-order valence-corrected chi connectivity index (χ3v) is 12.7. The van der Waals surface area contributed by atoms with Crippen molar-refractivity contribution < 1.29 is 46.3 Å². The standard InChI is InChI=1S/C43H61FN7O9PS/c1-40(2,3)58-39(53)49(19-21-57-61(54,59-41(4,5)6)60-42(7,8)9)27-43(16-12-18-47-43)17-13-20-56-35-25-33-32(24-34(35)55-10)37-50(28-46-33)51(37)38-45-26-31(62-38)23-36(52)48-30-15-11-14-29(44)22-30/h11,14-15,22,24-26,28,37,47H,12-13,16-21,23,27H2,1-10H3,(H,48,52)/t37?,43-,50?,51?/m0/s1. The zero-order chi connectivity index (χ0) is 45.1. The van der Waals surface area contributed by atoms with Crippen LogP contribution in [0, 0.1) is 5.82 Å². The Labute approximate surface area is 368 Å². The second-order valence-corrected chi connectivity index (χ2v) is 21.2. The molecule has 0 saturated carbocycles. The van der Waals surface area contributed by atoms with E-state index in [9.17, 15) is 18.5 Å². The summed E-state index contributed by atoms with van der Waals surface area (Å²) in [4.78, 5) is 37.9. The fourth-order valence-corrected chi connectivity index (χ4v) is 10.0. The number of nitrogens with one attached hydrogen (secondary N) is 2. The molecule has 2 aromatic carbocycles. The van der Waals surface area contributed by atoms with Crippen molar-refractivity contribution in [2.75, 3.05) is 50.3 Å². The Bertz CT molecular complexity index is 2130. The predicted octanol–water partition coefficient (Wildman–Crippen LogP) is 9.15. The Morgan fingerprint density at radius 1 is 1.03 bits per heavy atom. The molecule has 6 rings (SSSR count). The molecular weight excluding hydrogens is 841 g/mol. The van der Waals surface area contributed by atoms with Gasteiger partial charge in [-0.3, -0.25) is 18.4 Å². The molecule has 0 bridgehead atoms. The Morgan fingerprint density at radius 3 is 2.42 bits per heavy atom. The summed E-state index contributed by atoms with van der Waals surface area (Å²) in [5.41, 5.74) is -0.690. The molecule has 4 heterocycles. The first-order valence-corrected chi connectivity index (χ1v) is 23.2. The van der Waals surface area contributed by atoms with E-state index in [1.165, 1.54) is 23.5 Å². The van der Waals surface area contributed by atoms with Gasteiger partial charge in [-0.15, -0.1) is 0 Å². The number of anilines is 2. The number of carbonyl (C=O) groups excluding carboxylic acids is 2. The number of hydrogen-bond acceptors (Lipinski definition) is 15. The lowest BCUT2D eigenvalue weighted by atomic mass is 9.91. The number of hydrogen-bond donors (Lipinski definition) is 2. The molecule has 0 spiro atoms. The minimum atomic E-state index is -4.00. The van der Waals surface area contributed by atoms with Crippen LogP contribution in [0.15, 0.2) is 47.6 Å². The summed E-state index contributed by atoms with van der Waals surface area (Å²) in [6, 6.07) is 9.58. The van der Waals surface area contributed by atoms with Gasteiger partial charge in [-0.2, -0.15) is 0 Å². The van der Waals surface area contributed by atoms with Crippen molar-refractivity contribution in [3.8, 4) is 11.5 Å². The monoisotopic (exact) mass is 901 g/mol. The number of benzene rings is 2. The average Bonchev–Trinajstić information content (AvgIpc) is 3.41. The van der Waals surface area contributed by atoms with Crippen molar-refractivity contribution in [1.82, 2.24) is 20.2 Å². The first kappa shape index (κ1) is 47.2. The van der Waals surface area contributed by atoms with Crippen LogP contribution >= 0.6 is 19.2 Å².